The number of carbonyl (C=O) groups is 1. The Kier molecular flexibility index (Phi) is 8.79. The average molecular weight is 505 g/mol. The van der Waals surface area contributed by atoms with Crippen molar-refractivity contribution in [2.24, 2.45) is 0 Å². The molecule has 2 saturated heterocycles. The number of anilines is 1. The summed E-state index contributed by atoms with van der Waals surface area (Å²) in [4.78, 5) is 28.0. The summed E-state index contributed by atoms with van der Waals surface area (Å²) >= 11 is 0. The van der Waals surface area contributed by atoms with Gasteiger partial charge in [-0.05, 0) is 63.0 Å². The number of halogens is 3. The van der Waals surface area contributed by atoms with Crippen LogP contribution in [-0.4, -0.2) is 83.2 Å². The fourth-order valence-corrected chi connectivity index (χ4v) is 5.19. The van der Waals surface area contributed by atoms with Gasteiger partial charge in [-0.2, -0.15) is 13.2 Å². The first-order chi connectivity index (χ1) is 17.3. The van der Waals surface area contributed by atoms with Crippen LogP contribution < -0.4 is 10.2 Å². The molecule has 7 nitrogen and oxygen atoms in total. The highest BCUT2D eigenvalue weighted by Gasteiger charge is 2.34. The van der Waals surface area contributed by atoms with Crippen molar-refractivity contribution in [2.45, 2.75) is 57.4 Å². The second kappa shape index (κ2) is 12.0. The van der Waals surface area contributed by atoms with Crippen LogP contribution in [0.2, 0.25) is 0 Å². The highest BCUT2D eigenvalue weighted by atomic mass is 19.4. The Labute approximate surface area is 210 Å². The zero-order valence-electron chi connectivity index (χ0n) is 20.8. The Morgan fingerprint density at radius 2 is 1.89 bits per heavy atom. The SMILES string of the molecule is CC(CC(F)(F)F)N1CCC(N2CCCN(c3cccc(C(=O)NCc4cccnc4)n3)CC2)CC1. The molecular formula is C26H35F3N6O. The second-order valence-corrected chi connectivity index (χ2v) is 9.74. The fraction of sp³-hybridized carbons (Fsp3) is 0.577. The lowest BCUT2D eigenvalue weighted by molar-refractivity contribution is -0.147. The van der Waals surface area contributed by atoms with E-state index in [-0.39, 0.29) is 5.91 Å². The third kappa shape index (κ3) is 7.39. The van der Waals surface area contributed by atoms with Crippen molar-refractivity contribution < 1.29 is 18.0 Å². The second-order valence-electron chi connectivity index (χ2n) is 9.74. The van der Waals surface area contributed by atoms with Gasteiger partial charge in [0.25, 0.3) is 5.91 Å². The van der Waals surface area contributed by atoms with E-state index in [1.165, 1.54) is 0 Å². The molecule has 2 aromatic heterocycles. The summed E-state index contributed by atoms with van der Waals surface area (Å²) in [5.41, 5.74) is 1.31. The van der Waals surface area contributed by atoms with Gasteiger partial charge in [0.1, 0.15) is 11.5 Å². The standard InChI is InChI=1S/C26H35F3N6O/c1-20(17-26(27,28)29)33-13-8-22(9-14-33)34-11-4-12-35(16-15-34)24-7-2-6-23(32-24)25(36)31-19-21-5-3-10-30-18-21/h2-3,5-7,10,18,20,22H,4,8-9,11-17,19H2,1H3,(H,31,36). The highest BCUT2D eigenvalue weighted by molar-refractivity contribution is 5.92. The number of carbonyl (C=O) groups excluding carboxylic acids is 1. The number of rotatable bonds is 7. The molecule has 1 unspecified atom stereocenters. The molecule has 0 radical (unpaired) electrons. The van der Waals surface area contributed by atoms with E-state index in [1.54, 1.807) is 25.4 Å². The van der Waals surface area contributed by atoms with Crippen LogP contribution in [-0.2, 0) is 6.54 Å². The Morgan fingerprint density at radius 3 is 2.61 bits per heavy atom. The van der Waals surface area contributed by atoms with Crippen molar-refractivity contribution in [3.05, 3.63) is 54.0 Å². The van der Waals surface area contributed by atoms with Gasteiger partial charge in [-0.1, -0.05) is 12.1 Å². The lowest BCUT2D eigenvalue weighted by Gasteiger charge is -2.40. The van der Waals surface area contributed by atoms with Crippen molar-refractivity contribution in [2.75, 3.05) is 44.2 Å². The first kappa shape index (κ1) is 26.3. The summed E-state index contributed by atoms with van der Waals surface area (Å²) < 4.78 is 38.3. The van der Waals surface area contributed by atoms with E-state index in [0.717, 1.165) is 56.8 Å². The highest BCUT2D eigenvalue weighted by Crippen LogP contribution is 2.27. The molecule has 2 fully saturated rings. The van der Waals surface area contributed by atoms with Crippen LogP contribution in [0.15, 0.2) is 42.7 Å². The molecule has 10 heteroatoms. The number of nitrogens with zero attached hydrogens (tertiary/aromatic N) is 5. The van der Waals surface area contributed by atoms with Crippen LogP contribution in [0.4, 0.5) is 19.0 Å². The third-order valence-electron chi connectivity index (χ3n) is 7.16. The van der Waals surface area contributed by atoms with Crippen LogP contribution in [0.3, 0.4) is 0 Å². The largest absolute Gasteiger partial charge is 0.390 e. The number of hydrogen-bond acceptors (Lipinski definition) is 6. The molecule has 4 rings (SSSR count). The van der Waals surface area contributed by atoms with Crippen LogP contribution in [0.1, 0.15) is 48.7 Å². The fourth-order valence-electron chi connectivity index (χ4n) is 5.19. The van der Waals surface area contributed by atoms with Gasteiger partial charge in [-0.15, -0.1) is 0 Å². The molecule has 2 aliphatic heterocycles. The van der Waals surface area contributed by atoms with Gasteiger partial charge in [-0.25, -0.2) is 4.98 Å². The number of amides is 1. The molecule has 0 aliphatic carbocycles. The van der Waals surface area contributed by atoms with Gasteiger partial charge in [0.05, 0.1) is 6.42 Å². The minimum atomic E-state index is -4.12. The van der Waals surface area contributed by atoms with Gasteiger partial charge < -0.3 is 15.1 Å². The van der Waals surface area contributed by atoms with E-state index in [2.05, 4.69) is 25.1 Å². The van der Waals surface area contributed by atoms with Crippen LogP contribution in [0.25, 0.3) is 0 Å². The molecule has 36 heavy (non-hydrogen) atoms. The summed E-state index contributed by atoms with van der Waals surface area (Å²) in [5.74, 6) is 0.574. The quantitative estimate of drug-likeness (QED) is 0.620. The molecule has 2 aromatic rings. The number of pyridine rings is 2. The molecule has 1 amide bonds. The number of alkyl halides is 3. The normalized spacial score (nSPS) is 19.6. The number of nitrogens with one attached hydrogen (secondary N) is 1. The van der Waals surface area contributed by atoms with Gasteiger partial charge in [-0.3, -0.25) is 14.7 Å². The van der Waals surface area contributed by atoms with E-state index in [4.69, 9.17) is 0 Å². The van der Waals surface area contributed by atoms with E-state index in [1.807, 2.05) is 29.2 Å². The minimum Gasteiger partial charge on any atom is -0.355 e. The van der Waals surface area contributed by atoms with Crippen LogP contribution in [0, 0.1) is 0 Å². The zero-order valence-corrected chi connectivity index (χ0v) is 20.8. The Bertz CT molecular complexity index is 981. The maximum Gasteiger partial charge on any atom is 0.390 e. The van der Waals surface area contributed by atoms with Gasteiger partial charge in [0.15, 0.2) is 0 Å². The lowest BCUT2D eigenvalue weighted by Crippen LogP contribution is -2.49. The average Bonchev–Trinajstić information content (AvgIpc) is 3.13. The predicted molar refractivity (Wildman–Crippen MR) is 133 cm³/mol. The minimum absolute atomic E-state index is 0.219. The summed E-state index contributed by atoms with van der Waals surface area (Å²) in [7, 11) is 0. The lowest BCUT2D eigenvalue weighted by atomic mass is 10.0. The Balaban J connectivity index is 1.28. The molecule has 1 N–H and O–H groups in total. The molecular weight excluding hydrogens is 469 g/mol. The van der Waals surface area contributed by atoms with Crippen LogP contribution in [0.5, 0.6) is 0 Å². The number of piperidine rings is 1. The topological polar surface area (TPSA) is 64.6 Å². The smallest absolute Gasteiger partial charge is 0.355 e. The maximum atomic E-state index is 12.8. The monoisotopic (exact) mass is 504 g/mol. The first-order valence-electron chi connectivity index (χ1n) is 12.7. The van der Waals surface area contributed by atoms with E-state index in [9.17, 15) is 18.0 Å². The molecule has 0 bridgehead atoms. The van der Waals surface area contributed by atoms with Gasteiger partial charge >= 0.3 is 6.18 Å². The third-order valence-corrected chi connectivity index (χ3v) is 7.16. The van der Waals surface area contributed by atoms with Crippen molar-refractivity contribution in [1.29, 1.82) is 0 Å². The zero-order chi connectivity index (χ0) is 25.5. The van der Waals surface area contributed by atoms with Crippen molar-refractivity contribution in [1.82, 2.24) is 25.1 Å². The van der Waals surface area contributed by atoms with Crippen molar-refractivity contribution in [3.8, 4) is 0 Å². The number of aromatic nitrogens is 2. The molecule has 1 atom stereocenters. The van der Waals surface area contributed by atoms with E-state index in [0.29, 0.717) is 31.4 Å². The predicted octanol–water partition coefficient (Wildman–Crippen LogP) is 3.72. The van der Waals surface area contributed by atoms with E-state index >= 15 is 0 Å². The molecule has 2 aliphatic rings. The summed E-state index contributed by atoms with van der Waals surface area (Å²) in [6, 6.07) is 9.20. The molecule has 0 spiro atoms. The van der Waals surface area contributed by atoms with Gasteiger partial charge in [0.2, 0.25) is 0 Å². The Hall–Kier alpha value is -2.72. The molecule has 0 saturated carbocycles. The molecule has 4 heterocycles. The number of hydrogen-bond donors (Lipinski definition) is 1. The molecule has 196 valence electrons. The number of likely N-dealkylation sites (tertiary alicyclic amines) is 1. The Morgan fingerprint density at radius 1 is 1.08 bits per heavy atom. The molecule has 0 aromatic carbocycles. The van der Waals surface area contributed by atoms with Gasteiger partial charge in [0, 0.05) is 57.2 Å². The maximum absolute atomic E-state index is 12.8. The summed E-state index contributed by atoms with van der Waals surface area (Å²) in [6.45, 7) is 6.99. The van der Waals surface area contributed by atoms with E-state index < -0.39 is 18.6 Å². The summed E-state index contributed by atoms with van der Waals surface area (Å²) in [5, 5.41) is 2.90. The van der Waals surface area contributed by atoms with Crippen molar-refractivity contribution >= 4 is 11.7 Å². The summed E-state index contributed by atoms with van der Waals surface area (Å²) in [6.07, 6.45) is 1.32. The first-order valence-corrected chi connectivity index (χ1v) is 12.7. The van der Waals surface area contributed by atoms with Crippen molar-refractivity contribution in [3.63, 3.8) is 0 Å². The van der Waals surface area contributed by atoms with Crippen LogP contribution >= 0.6 is 0 Å².